The molecule has 2 heterocycles. The van der Waals surface area contributed by atoms with Gasteiger partial charge in [-0.1, -0.05) is 6.92 Å². The summed E-state index contributed by atoms with van der Waals surface area (Å²) in [4.78, 5) is 30.1. The number of amides is 2. The van der Waals surface area contributed by atoms with E-state index >= 15 is 0 Å². The van der Waals surface area contributed by atoms with Gasteiger partial charge in [0, 0.05) is 45.1 Å². The van der Waals surface area contributed by atoms with Crippen LogP contribution in [0.5, 0.6) is 0 Å². The molecule has 2 saturated heterocycles. The Balaban J connectivity index is 1.84. The highest BCUT2D eigenvalue weighted by molar-refractivity contribution is 5.89. The first-order chi connectivity index (χ1) is 9.81. The maximum Gasteiger partial charge on any atom is 0.227 e. The molecule has 6 heteroatoms. The lowest BCUT2D eigenvalue weighted by Crippen LogP contribution is -2.50. The molecule has 21 heavy (non-hydrogen) atoms. The molecule has 0 N–H and O–H groups in total. The monoisotopic (exact) mass is 297 g/mol. The van der Waals surface area contributed by atoms with E-state index in [1.165, 1.54) is 0 Å². The number of likely N-dealkylation sites (N-methyl/N-ethyl adjacent to an activating group) is 1. The minimum absolute atomic E-state index is 0.0810. The summed E-state index contributed by atoms with van der Waals surface area (Å²) < 4.78 is 5.23. The molecule has 0 spiro atoms. The van der Waals surface area contributed by atoms with Gasteiger partial charge in [0.05, 0.1) is 19.1 Å². The summed E-state index contributed by atoms with van der Waals surface area (Å²) >= 11 is 0. The van der Waals surface area contributed by atoms with Crippen molar-refractivity contribution in [2.75, 3.05) is 60.5 Å². The van der Waals surface area contributed by atoms with Crippen LogP contribution < -0.4 is 0 Å². The van der Waals surface area contributed by atoms with Gasteiger partial charge in [-0.2, -0.15) is 0 Å². The summed E-state index contributed by atoms with van der Waals surface area (Å²) in [5.41, 5.74) is 0.0810. The SMILES string of the molecule is CN(C)CCN1CC(C(=O)N(C)CC2(C)COC2)CC1=O. The molecule has 0 saturated carbocycles. The molecule has 0 aromatic carbocycles. The highest BCUT2D eigenvalue weighted by atomic mass is 16.5. The van der Waals surface area contributed by atoms with E-state index in [-0.39, 0.29) is 23.1 Å². The molecule has 6 nitrogen and oxygen atoms in total. The van der Waals surface area contributed by atoms with Gasteiger partial charge in [-0.25, -0.2) is 0 Å². The van der Waals surface area contributed by atoms with Gasteiger partial charge in [-0.05, 0) is 14.1 Å². The van der Waals surface area contributed by atoms with Gasteiger partial charge in [0.1, 0.15) is 0 Å². The largest absolute Gasteiger partial charge is 0.380 e. The van der Waals surface area contributed by atoms with Gasteiger partial charge in [0.25, 0.3) is 0 Å². The number of ether oxygens (including phenoxy) is 1. The number of rotatable bonds is 6. The van der Waals surface area contributed by atoms with E-state index in [2.05, 4.69) is 6.92 Å². The molecule has 0 bridgehead atoms. The summed E-state index contributed by atoms with van der Waals surface area (Å²) in [5, 5.41) is 0. The quantitative estimate of drug-likeness (QED) is 0.686. The molecular weight excluding hydrogens is 270 g/mol. The van der Waals surface area contributed by atoms with Crippen molar-refractivity contribution in [2.24, 2.45) is 11.3 Å². The highest BCUT2D eigenvalue weighted by Crippen LogP contribution is 2.28. The number of carbonyl (C=O) groups excluding carboxylic acids is 2. The van der Waals surface area contributed by atoms with E-state index in [1.807, 2.05) is 30.9 Å². The molecule has 2 fully saturated rings. The fourth-order valence-electron chi connectivity index (χ4n) is 2.98. The van der Waals surface area contributed by atoms with Gasteiger partial charge < -0.3 is 19.4 Å². The van der Waals surface area contributed by atoms with Crippen molar-refractivity contribution in [3.63, 3.8) is 0 Å². The number of likely N-dealkylation sites (tertiary alicyclic amines) is 1. The van der Waals surface area contributed by atoms with Gasteiger partial charge in [0.2, 0.25) is 11.8 Å². The number of carbonyl (C=O) groups is 2. The molecule has 0 aromatic heterocycles. The minimum atomic E-state index is -0.186. The first-order valence-electron chi connectivity index (χ1n) is 7.56. The predicted molar refractivity (Wildman–Crippen MR) is 79.8 cm³/mol. The highest BCUT2D eigenvalue weighted by Gasteiger charge is 2.39. The Labute approximate surface area is 127 Å². The predicted octanol–water partition coefficient (Wildman–Crippen LogP) is -0.109. The summed E-state index contributed by atoms with van der Waals surface area (Å²) in [7, 11) is 5.80. The zero-order chi connectivity index (χ0) is 15.6. The smallest absolute Gasteiger partial charge is 0.227 e. The average Bonchev–Trinajstić information content (AvgIpc) is 2.74. The minimum Gasteiger partial charge on any atom is -0.380 e. The third kappa shape index (κ3) is 3.95. The fraction of sp³-hybridized carbons (Fsp3) is 0.867. The fourth-order valence-corrected chi connectivity index (χ4v) is 2.98. The lowest BCUT2D eigenvalue weighted by molar-refractivity contribution is -0.145. The van der Waals surface area contributed by atoms with Crippen molar-refractivity contribution in [3.8, 4) is 0 Å². The van der Waals surface area contributed by atoms with Crippen LogP contribution in [0.3, 0.4) is 0 Å². The van der Waals surface area contributed by atoms with E-state index < -0.39 is 0 Å². The van der Waals surface area contributed by atoms with E-state index in [1.54, 1.807) is 4.90 Å². The maximum absolute atomic E-state index is 12.5. The zero-order valence-electron chi connectivity index (χ0n) is 13.6. The Morgan fingerprint density at radius 2 is 2.05 bits per heavy atom. The van der Waals surface area contributed by atoms with Crippen molar-refractivity contribution < 1.29 is 14.3 Å². The van der Waals surface area contributed by atoms with Crippen LogP contribution in [0.4, 0.5) is 0 Å². The lowest BCUT2D eigenvalue weighted by Gasteiger charge is -2.41. The second-order valence-electron chi connectivity index (χ2n) is 7.04. The van der Waals surface area contributed by atoms with Crippen molar-refractivity contribution in [1.29, 1.82) is 0 Å². The van der Waals surface area contributed by atoms with E-state index in [0.717, 1.165) is 6.54 Å². The normalized spacial score (nSPS) is 24.3. The maximum atomic E-state index is 12.5. The van der Waals surface area contributed by atoms with E-state index in [4.69, 9.17) is 4.74 Å². The van der Waals surface area contributed by atoms with Crippen molar-refractivity contribution >= 4 is 11.8 Å². The molecule has 120 valence electrons. The van der Waals surface area contributed by atoms with Gasteiger partial charge in [0.15, 0.2) is 0 Å². The summed E-state index contributed by atoms with van der Waals surface area (Å²) in [6.45, 7) is 6.34. The van der Waals surface area contributed by atoms with Crippen LogP contribution in [0, 0.1) is 11.3 Å². The average molecular weight is 297 g/mol. The Kier molecular flexibility index (Phi) is 4.88. The van der Waals surface area contributed by atoms with Crippen LogP contribution in [0.15, 0.2) is 0 Å². The molecule has 2 aliphatic rings. The van der Waals surface area contributed by atoms with Gasteiger partial charge in [-0.3, -0.25) is 9.59 Å². The molecule has 0 aliphatic carbocycles. The number of nitrogens with zero attached hydrogens (tertiary/aromatic N) is 3. The van der Waals surface area contributed by atoms with Gasteiger partial charge >= 0.3 is 0 Å². The second kappa shape index (κ2) is 6.32. The topological polar surface area (TPSA) is 53.1 Å². The number of hydrogen-bond donors (Lipinski definition) is 0. The van der Waals surface area contributed by atoms with Crippen LogP contribution in [-0.4, -0.2) is 87.0 Å². The lowest BCUT2D eigenvalue weighted by atomic mass is 9.88. The van der Waals surface area contributed by atoms with Crippen LogP contribution >= 0.6 is 0 Å². The number of hydrogen-bond acceptors (Lipinski definition) is 4. The van der Waals surface area contributed by atoms with Gasteiger partial charge in [-0.15, -0.1) is 0 Å². The molecule has 0 aromatic rings. The van der Waals surface area contributed by atoms with E-state index in [9.17, 15) is 9.59 Å². The summed E-state index contributed by atoms with van der Waals surface area (Å²) in [6.07, 6.45) is 0.351. The Morgan fingerprint density at radius 3 is 2.57 bits per heavy atom. The van der Waals surface area contributed by atoms with Crippen LogP contribution in [-0.2, 0) is 14.3 Å². The van der Waals surface area contributed by atoms with Crippen LogP contribution in [0.2, 0.25) is 0 Å². The third-order valence-electron chi connectivity index (χ3n) is 4.28. The molecular formula is C15H27N3O3. The molecule has 2 amide bonds. The summed E-state index contributed by atoms with van der Waals surface area (Å²) in [6, 6.07) is 0. The third-order valence-corrected chi connectivity index (χ3v) is 4.28. The molecule has 2 rings (SSSR count). The van der Waals surface area contributed by atoms with E-state index in [0.29, 0.717) is 39.3 Å². The summed E-state index contributed by atoms with van der Waals surface area (Å²) in [5.74, 6) is -0.000116. The van der Waals surface area contributed by atoms with Crippen molar-refractivity contribution in [3.05, 3.63) is 0 Å². The molecule has 1 unspecified atom stereocenters. The molecule has 1 atom stereocenters. The standard InChI is InChI=1S/C15H27N3O3/c1-15(10-21-11-15)9-17(4)14(20)12-7-13(19)18(8-12)6-5-16(2)3/h12H,5-11H2,1-4H3. The first kappa shape index (κ1) is 16.2. The molecule has 2 aliphatic heterocycles. The van der Waals surface area contributed by atoms with Crippen LogP contribution in [0.1, 0.15) is 13.3 Å². The van der Waals surface area contributed by atoms with Crippen molar-refractivity contribution in [1.82, 2.24) is 14.7 Å². The second-order valence-corrected chi connectivity index (χ2v) is 7.04. The molecule has 0 radical (unpaired) electrons. The Hall–Kier alpha value is -1.14. The zero-order valence-corrected chi connectivity index (χ0v) is 13.6. The Bertz CT molecular complexity index is 407. The first-order valence-corrected chi connectivity index (χ1v) is 7.56. The van der Waals surface area contributed by atoms with Crippen LogP contribution in [0.25, 0.3) is 0 Å². The Morgan fingerprint density at radius 1 is 1.38 bits per heavy atom. The van der Waals surface area contributed by atoms with Crippen molar-refractivity contribution in [2.45, 2.75) is 13.3 Å².